The summed E-state index contributed by atoms with van der Waals surface area (Å²) in [5.74, 6) is 1.05. The van der Waals surface area contributed by atoms with Crippen molar-refractivity contribution in [1.29, 1.82) is 0 Å². The van der Waals surface area contributed by atoms with Crippen LogP contribution in [-0.4, -0.2) is 61.1 Å². The van der Waals surface area contributed by atoms with Gasteiger partial charge >= 0.3 is 0 Å². The number of hydrogen-bond donors (Lipinski definition) is 0. The van der Waals surface area contributed by atoms with E-state index in [1.807, 2.05) is 60.6 Å². The minimum absolute atomic E-state index is 0.302. The third-order valence-electron chi connectivity index (χ3n) is 6.29. The number of hydrogen-bond acceptors (Lipinski definition) is 9. The Hall–Kier alpha value is -3.48. The van der Waals surface area contributed by atoms with Crippen LogP contribution in [0.3, 0.4) is 0 Å². The van der Waals surface area contributed by atoms with Crippen molar-refractivity contribution in [2.24, 2.45) is 14.1 Å². The number of aryl methyl sites for hydroxylation is 2. The molecular weight excluding hydrogens is 527 g/mol. The summed E-state index contributed by atoms with van der Waals surface area (Å²) < 4.78 is 9.74. The summed E-state index contributed by atoms with van der Waals surface area (Å²) >= 11 is 1.58. The Labute approximate surface area is 233 Å². The quantitative estimate of drug-likeness (QED) is 0.119. The molecule has 0 amide bonds. The smallest absolute Gasteiger partial charge is 0.215 e. The van der Waals surface area contributed by atoms with E-state index in [9.17, 15) is 0 Å². The molecule has 0 fully saturated rings. The predicted molar refractivity (Wildman–Crippen MR) is 159 cm³/mol. The largest absolute Gasteiger partial charge is 0.361 e. The minimum Gasteiger partial charge on any atom is -0.361 e. The Balaban J connectivity index is 1.50. The number of fused-ring (bicyclic) bond motifs is 1. The van der Waals surface area contributed by atoms with Gasteiger partial charge in [-0.15, -0.1) is 10.2 Å². The molecular formula is C27H35N9OSSi. The third-order valence-corrected chi connectivity index (χ3v) is 9.24. The Kier molecular flexibility index (Phi) is 7.61. The molecule has 5 aromatic rings. The van der Waals surface area contributed by atoms with Gasteiger partial charge in [0.25, 0.3) is 0 Å². The summed E-state index contributed by atoms with van der Waals surface area (Å²) in [6, 6.07) is 7.12. The zero-order chi connectivity index (χ0) is 27.7. The molecule has 5 heterocycles. The van der Waals surface area contributed by atoms with E-state index in [1.54, 1.807) is 16.0 Å². The highest BCUT2D eigenvalue weighted by atomic mass is 32.1. The molecule has 5 aromatic heterocycles. The van der Waals surface area contributed by atoms with Crippen molar-refractivity contribution in [3.63, 3.8) is 0 Å². The number of nitrogens with zero attached hydrogens (tertiary/aromatic N) is 9. The minimum atomic E-state index is -1.20. The molecule has 0 aromatic carbocycles. The van der Waals surface area contributed by atoms with Gasteiger partial charge < -0.3 is 4.74 Å². The van der Waals surface area contributed by atoms with Crippen LogP contribution in [0.15, 0.2) is 43.0 Å². The van der Waals surface area contributed by atoms with Crippen LogP contribution in [-0.2, 0) is 18.8 Å². The van der Waals surface area contributed by atoms with E-state index in [1.165, 1.54) is 0 Å². The van der Waals surface area contributed by atoms with Gasteiger partial charge in [-0.2, -0.15) is 10.2 Å². The lowest BCUT2D eigenvalue weighted by Gasteiger charge is -2.22. The van der Waals surface area contributed by atoms with E-state index in [0.717, 1.165) is 55.4 Å². The Morgan fingerprint density at radius 3 is 2.51 bits per heavy atom. The first-order valence-corrected chi connectivity index (χ1v) is 17.6. The highest BCUT2D eigenvalue weighted by molar-refractivity contribution is 7.15. The van der Waals surface area contributed by atoms with Crippen LogP contribution in [0.25, 0.3) is 33.4 Å². The molecule has 0 saturated carbocycles. The summed E-state index contributed by atoms with van der Waals surface area (Å²) in [7, 11) is 2.61. The molecule has 10 nitrogen and oxygen atoms in total. The molecule has 0 atom stereocenters. The van der Waals surface area contributed by atoms with E-state index in [-0.39, 0.29) is 0 Å². The standard InChI is InChI=1S/C27H35N9OSSi/c1-18(2)26-31-32-27(38-26)36(17-37-10-11-39(5,6)7)24-9-8-22-23(30-24)12-19(13-28-22)21-16-35(4)33-25(21)20-14-29-34(3)15-20/h8-9,12-16,18H,10-11,17H2,1-7H3. The van der Waals surface area contributed by atoms with Crippen molar-refractivity contribution in [1.82, 2.24) is 39.7 Å². The molecule has 0 unspecified atom stereocenters. The van der Waals surface area contributed by atoms with Gasteiger partial charge in [-0.25, -0.2) is 4.98 Å². The molecule has 0 aliphatic carbocycles. The summed E-state index contributed by atoms with van der Waals surface area (Å²) in [6.07, 6.45) is 7.66. The second-order valence-corrected chi connectivity index (χ2v) is 17.9. The monoisotopic (exact) mass is 561 g/mol. The van der Waals surface area contributed by atoms with Crippen molar-refractivity contribution in [3.8, 4) is 22.4 Å². The van der Waals surface area contributed by atoms with Gasteiger partial charge in [0, 0.05) is 70.0 Å². The number of pyridine rings is 2. The van der Waals surface area contributed by atoms with Gasteiger partial charge in [0.2, 0.25) is 5.13 Å². The maximum atomic E-state index is 6.15. The van der Waals surface area contributed by atoms with Crippen molar-refractivity contribution < 1.29 is 4.74 Å². The third kappa shape index (κ3) is 6.23. The van der Waals surface area contributed by atoms with Crippen LogP contribution in [0.4, 0.5) is 10.9 Å². The van der Waals surface area contributed by atoms with E-state index in [4.69, 9.17) is 19.8 Å². The van der Waals surface area contributed by atoms with E-state index in [2.05, 4.69) is 54.9 Å². The fourth-order valence-electron chi connectivity index (χ4n) is 4.07. The van der Waals surface area contributed by atoms with Crippen LogP contribution in [0.1, 0.15) is 24.8 Å². The molecule has 0 spiro atoms. The molecule has 5 rings (SSSR count). The molecule has 204 valence electrons. The predicted octanol–water partition coefficient (Wildman–Crippen LogP) is 5.86. The summed E-state index contributed by atoms with van der Waals surface area (Å²) in [4.78, 5) is 11.7. The average Bonchev–Trinajstić information content (AvgIpc) is 3.62. The van der Waals surface area contributed by atoms with Gasteiger partial charge in [0.05, 0.1) is 17.2 Å². The normalized spacial score (nSPS) is 12.1. The van der Waals surface area contributed by atoms with Crippen LogP contribution in [0.5, 0.6) is 0 Å². The van der Waals surface area contributed by atoms with Crippen LogP contribution in [0, 0.1) is 0 Å². The number of anilines is 2. The van der Waals surface area contributed by atoms with Crippen molar-refractivity contribution in [2.75, 3.05) is 18.2 Å². The second kappa shape index (κ2) is 10.9. The van der Waals surface area contributed by atoms with E-state index in [0.29, 0.717) is 19.3 Å². The average molecular weight is 562 g/mol. The van der Waals surface area contributed by atoms with Crippen LogP contribution in [0.2, 0.25) is 25.7 Å². The van der Waals surface area contributed by atoms with E-state index < -0.39 is 8.07 Å². The molecule has 0 N–H and O–H groups in total. The number of aromatic nitrogens is 8. The molecule has 0 saturated heterocycles. The second-order valence-electron chi connectivity index (χ2n) is 11.3. The van der Waals surface area contributed by atoms with Gasteiger partial charge in [-0.1, -0.05) is 44.8 Å². The Bertz CT molecular complexity index is 1580. The number of rotatable bonds is 10. The molecule has 0 radical (unpaired) electrons. The Morgan fingerprint density at radius 1 is 1.00 bits per heavy atom. The highest BCUT2D eigenvalue weighted by Crippen LogP contribution is 2.34. The molecule has 12 heteroatoms. The Morgan fingerprint density at radius 2 is 1.82 bits per heavy atom. The summed E-state index contributed by atoms with van der Waals surface area (Å²) in [6.45, 7) is 12.4. The van der Waals surface area contributed by atoms with Crippen molar-refractivity contribution >= 4 is 41.4 Å². The maximum absolute atomic E-state index is 6.15. The fourth-order valence-corrected chi connectivity index (χ4v) is 5.67. The van der Waals surface area contributed by atoms with Crippen LogP contribution < -0.4 is 4.90 Å². The van der Waals surface area contributed by atoms with E-state index >= 15 is 0 Å². The topological polar surface area (TPSA) is 99.7 Å². The van der Waals surface area contributed by atoms with Gasteiger partial charge in [-0.05, 0) is 24.2 Å². The fraction of sp³-hybridized carbons (Fsp3) is 0.407. The first kappa shape index (κ1) is 27.1. The van der Waals surface area contributed by atoms with Crippen molar-refractivity contribution in [3.05, 3.63) is 48.0 Å². The lowest BCUT2D eigenvalue weighted by atomic mass is 10.1. The first-order chi connectivity index (χ1) is 18.6. The molecule has 0 bridgehead atoms. The lowest BCUT2D eigenvalue weighted by Crippen LogP contribution is -2.26. The molecule has 0 aliphatic rings. The van der Waals surface area contributed by atoms with Crippen molar-refractivity contribution in [2.45, 2.75) is 45.5 Å². The van der Waals surface area contributed by atoms with Gasteiger partial charge in [-0.3, -0.25) is 19.2 Å². The molecule has 0 aliphatic heterocycles. The lowest BCUT2D eigenvalue weighted by molar-refractivity contribution is 0.153. The van der Waals surface area contributed by atoms with Gasteiger partial charge in [0.15, 0.2) is 0 Å². The van der Waals surface area contributed by atoms with Gasteiger partial charge in [0.1, 0.15) is 23.3 Å². The molecule has 39 heavy (non-hydrogen) atoms. The maximum Gasteiger partial charge on any atom is 0.215 e. The SMILES string of the molecule is CC(C)c1nnc(N(COCC[Si](C)(C)C)c2ccc3ncc(-c4cn(C)nc4-c4cnn(C)c4)cc3n2)s1. The van der Waals surface area contributed by atoms with Crippen LogP contribution >= 0.6 is 11.3 Å². The summed E-state index contributed by atoms with van der Waals surface area (Å²) in [5.41, 5.74) is 5.32. The zero-order valence-corrected chi connectivity index (χ0v) is 25.4. The summed E-state index contributed by atoms with van der Waals surface area (Å²) in [5, 5.41) is 19.7. The zero-order valence-electron chi connectivity index (χ0n) is 23.6. The number of ether oxygens (including phenoxy) is 1. The first-order valence-electron chi connectivity index (χ1n) is 13.1. The highest BCUT2D eigenvalue weighted by Gasteiger charge is 2.20.